The van der Waals surface area contributed by atoms with Gasteiger partial charge in [-0.15, -0.1) is 0 Å². The van der Waals surface area contributed by atoms with E-state index in [-0.39, 0.29) is 0 Å². The van der Waals surface area contributed by atoms with E-state index in [2.05, 4.69) is 6.92 Å². The lowest BCUT2D eigenvalue weighted by Gasteiger charge is -2.20. The fourth-order valence-electron chi connectivity index (χ4n) is 1.60. The Hall–Kier alpha value is 0.350. The summed E-state index contributed by atoms with van der Waals surface area (Å²) in [5, 5.41) is 0. The Morgan fingerprint density at radius 2 is 1.90 bits per heavy atom. The quantitative estimate of drug-likeness (QED) is 0.606. The van der Waals surface area contributed by atoms with Crippen LogP contribution in [0.15, 0.2) is 0 Å². The molecule has 0 aromatic rings. The molecule has 0 aromatic heterocycles. The highest BCUT2D eigenvalue weighted by atomic mass is 32.2. The minimum absolute atomic E-state index is 1.03. The molecule has 1 rings (SSSR count). The van der Waals surface area contributed by atoms with Crippen LogP contribution in [0.5, 0.6) is 0 Å². The van der Waals surface area contributed by atoms with E-state index in [1.165, 1.54) is 37.9 Å². The SMILES string of the molecule is [CH2]CSCC1CCCCC1. The Bertz CT molecular complexity index is 74.8. The van der Waals surface area contributed by atoms with Gasteiger partial charge in [0.25, 0.3) is 0 Å². The average Bonchev–Trinajstić information content (AvgIpc) is 2.03. The zero-order valence-corrected chi connectivity index (χ0v) is 7.46. The van der Waals surface area contributed by atoms with Gasteiger partial charge in [0.15, 0.2) is 0 Å². The molecule has 1 fully saturated rings. The number of rotatable bonds is 3. The van der Waals surface area contributed by atoms with Gasteiger partial charge < -0.3 is 0 Å². The van der Waals surface area contributed by atoms with Gasteiger partial charge in [0.1, 0.15) is 0 Å². The fraction of sp³-hybridized carbons (Fsp3) is 0.889. The van der Waals surface area contributed by atoms with Crippen LogP contribution in [0.4, 0.5) is 0 Å². The Morgan fingerprint density at radius 1 is 1.20 bits per heavy atom. The second kappa shape index (κ2) is 5.06. The second-order valence-electron chi connectivity index (χ2n) is 3.08. The van der Waals surface area contributed by atoms with Crippen molar-refractivity contribution in [3.63, 3.8) is 0 Å². The highest BCUT2D eigenvalue weighted by molar-refractivity contribution is 7.99. The number of thioether (sulfide) groups is 1. The third-order valence-electron chi connectivity index (χ3n) is 2.22. The Kier molecular flexibility index (Phi) is 4.27. The van der Waals surface area contributed by atoms with Gasteiger partial charge in [0.05, 0.1) is 0 Å². The first-order valence-corrected chi connectivity index (χ1v) is 5.46. The van der Waals surface area contributed by atoms with Gasteiger partial charge in [0, 0.05) is 0 Å². The molecule has 0 bridgehead atoms. The summed E-state index contributed by atoms with van der Waals surface area (Å²) in [6.45, 7) is 3.83. The maximum absolute atomic E-state index is 3.83. The summed E-state index contributed by atoms with van der Waals surface area (Å²) >= 11 is 2.00. The van der Waals surface area contributed by atoms with Gasteiger partial charge in [-0.2, -0.15) is 11.8 Å². The Labute approximate surface area is 68.8 Å². The van der Waals surface area contributed by atoms with Crippen LogP contribution in [0.25, 0.3) is 0 Å². The predicted octanol–water partition coefficient (Wildman–Crippen LogP) is 3.13. The fourth-order valence-corrected chi connectivity index (χ4v) is 2.44. The summed E-state index contributed by atoms with van der Waals surface area (Å²) in [5.74, 6) is 3.44. The van der Waals surface area contributed by atoms with Gasteiger partial charge in [-0.05, 0) is 37.2 Å². The molecule has 0 nitrogen and oxygen atoms in total. The molecule has 0 unspecified atom stereocenters. The molecule has 0 aromatic carbocycles. The summed E-state index contributed by atoms with van der Waals surface area (Å²) in [5.41, 5.74) is 0. The Balaban J connectivity index is 2.02. The maximum Gasteiger partial charge on any atom is -0.00391 e. The molecule has 0 spiro atoms. The van der Waals surface area contributed by atoms with Gasteiger partial charge >= 0.3 is 0 Å². The van der Waals surface area contributed by atoms with Crippen LogP contribution in [-0.2, 0) is 0 Å². The number of hydrogen-bond acceptors (Lipinski definition) is 1. The number of hydrogen-bond donors (Lipinski definition) is 0. The van der Waals surface area contributed by atoms with Gasteiger partial charge in [-0.1, -0.05) is 19.3 Å². The van der Waals surface area contributed by atoms with Crippen LogP contribution in [0.3, 0.4) is 0 Å². The van der Waals surface area contributed by atoms with Crippen LogP contribution in [0.1, 0.15) is 32.1 Å². The smallest absolute Gasteiger partial charge is 0.00391 e. The topological polar surface area (TPSA) is 0 Å². The molecule has 1 aliphatic carbocycles. The lowest BCUT2D eigenvalue weighted by atomic mass is 9.91. The van der Waals surface area contributed by atoms with Crippen molar-refractivity contribution in [3.8, 4) is 0 Å². The van der Waals surface area contributed by atoms with E-state index in [0.717, 1.165) is 11.7 Å². The molecule has 1 aliphatic rings. The molecule has 1 heteroatoms. The largest absolute Gasteiger partial charge is 0.162 e. The molecule has 1 radical (unpaired) electrons. The zero-order chi connectivity index (χ0) is 7.23. The van der Waals surface area contributed by atoms with Crippen LogP contribution in [0.2, 0.25) is 0 Å². The van der Waals surface area contributed by atoms with Gasteiger partial charge in [-0.25, -0.2) is 0 Å². The summed E-state index contributed by atoms with van der Waals surface area (Å²) < 4.78 is 0. The first-order chi connectivity index (χ1) is 4.93. The second-order valence-corrected chi connectivity index (χ2v) is 4.23. The highest BCUT2D eigenvalue weighted by Gasteiger charge is 2.11. The maximum atomic E-state index is 3.83. The molecular weight excluding hydrogens is 140 g/mol. The van der Waals surface area contributed by atoms with E-state index < -0.39 is 0 Å². The van der Waals surface area contributed by atoms with Crippen molar-refractivity contribution in [2.45, 2.75) is 32.1 Å². The normalized spacial score (nSPS) is 21.3. The molecule has 0 atom stereocenters. The van der Waals surface area contributed by atoms with E-state index in [0.29, 0.717) is 0 Å². The van der Waals surface area contributed by atoms with Gasteiger partial charge in [0.2, 0.25) is 0 Å². The van der Waals surface area contributed by atoms with Crippen LogP contribution >= 0.6 is 11.8 Å². The average molecular weight is 157 g/mol. The lowest BCUT2D eigenvalue weighted by Crippen LogP contribution is -2.08. The zero-order valence-electron chi connectivity index (χ0n) is 6.64. The lowest BCUT2D eigenvalue weighted by molar-refractivity contribution is 0.391. The minimum atomic E-state index is 1.03. The first-order valence-electron chi connectivity index (χ1n) is 4.30. The summed E-state index contributed by atoms with van der Waals surface area (Å²) in [6.07, 6.45) is 7.39. The first kappa shape index (κ1) is 8.45. The van der Waals surface area contributed by atoms with Crippen molar-refractivity contribution in [1.82, 2.24) is 0 Å². The third kappa shape index (κ3) is 2.96. The van der Waals surface area contributed by atoms with Crippen molar-refractivity contribution in [3.05, 3.63) is 6.92 Å². The Morgan fingerprint density at radius 3 is 2.50 bits per heavy atom. The van der Waals surface area contributed by atoms with Crippen LogP contribution < -0.4 is 0 Å². The van der Waals surface area contributed by atoms with Crippen LogP contribution in [0, 0.1) is 12.8 Å². The molecule has 0 heterocycles. The third-order valence-corrected chi connectivity index (χ3v) is 3.22. The van der Waals surface area contributed by atoms with Crippen molar-refractivity contribution in [2.24, 2.45) is 5.92 Å². The van der Waals surface area contributed by atoms with Gasteiger partial charge in [-0.3, -0.25) is 0 Å². The van der Waals surface area contributed by atoms with E-state index in [1.807, 2.05) is 11.8 Å². The monoisotopic (exact) mass is 157 g/mol. The molecular formula is C9H17S. The van der Waals surface area contributed by atoms with E-state index in [4.69, 9.17) is 0 Å². The van der Waals surface area contributed by atoms with Crippen molar-refractivity contribution < 1.29 is 0 Å². The summed E-state index contributed by atoms with van der Waals surface area (Å²) in [7, 11) is 0. The molecule has 0 N–H and O–H groups in total. The minimum Gasteiger partial charge on any atom is -0.162 e. The highest BCUT2D eigenvalue weighted by Crippen LogP contribution is 2.26. The molecule has 1 saturated carbocycles. The summed E-state index contributed by atoms with van der Waals surface area (Å²) in [6, 6.07) is 0. The predicted molar refractivity (Wildman–Crippen MR) is 49.3 cm³/mol. The van der Waals surface area contributed by atoms with Crippen molar-refractivity contribution in [1.29, 1.82) is 0 Å². The van der Waals surface area contributed by atoms with E-state index in [9.17, 15) is 0 Å². The van der Waals surface area contributed by atoms with Crippen LogP contribution in [-0.4, -0.2) is 11.5 Å². The molecule has 0 amide bonds. The molecule has 10 heavy (non-hydrogen) atoms. The van der Waals surface area contributed by atoms with Crippen molar-refractivity contribution >= 4 is 11.8 Å². The van der Waals surface area contributed by atoms with E-state index in [1.54, 1.807) is 0 Å². The summed E-state index contributed by atoms with van der Waals surface area (Å²) in [4.78, 5) is 0. The standard InChI is InChI=1S/C9H17S/c1-2-10-8-9-6-4-3-5-7-9/h9H,1-8H2. The molecule has 0 saturated heterocycles. The molecule has 59 valence electrons. The van der Waals surface area contributed by atoms with E-state index >= 15 is 0 Å². The molecule has 0 aliphatic heterocycles. The van der Waals surface area contributed by atoms with Crippen molar-refractivity contribution in [2.75, 3.05) is 11.5 Å².